The molecule has 0 amide bonds. The van der Waals surface area contributed by atoms with Crippen LogP contribution in [0.25, 0.3) is 0 Å². The first-order valence-corrected chi connectivity index (χ1v) is 10.6. The predicted octanol–water partition coefficient (Wildman–Crippen LogP) is 5.07. The Morgan fingerprint density at radius 3 is 2.52 bits per heavy atom. The van der Waals surface area contributed by atoms with Crippen LogP contribution in [0.5, 0.6) is 0 Å². The molecule has 0 radical (unpaired) electrons. The summed E-state index contributed by atoms with van der Waals surface area (Å²) >= 11 is 1.47. The molecule has 0 N–H and O–H groups in total. The minimum absolute atomic E-state index is 0.368. The highest BCUT2D eigenvalue weighted by Gasteiger charge is 2.19. The number of esters is 1. The Morgan fingerprint density at radius 2 is 1.89 bits per heavy atom. The highest BCUT2D eigenvalue weighted by Crippen LogP contribution is 2.33. The van der Waals surface area contributed by atoms with Crippen LogP contribution in [0.2, 0.25) is 0 Å². The van der Waals surface area contributed by atoms with E-state index in [0.717, 1.165) is 21.8 Å². The second-order valence-corrected chi connectivity index (χ2v) is 9.93. The lowest BCUT2D eigenvalue weighted by Crippen LogP contribution is -2.19. The Labute approximate surface area is 168 Å². The van der Waals surface area contributed by atoms with Gasteiger partial charge < -0.3 is 4.74 Å². The van der Waals surface area contributed by atoms with E-state index in [0.29, 0.717) is 5.56 Å². The summed E-state index contributed by atoms with van der Waals surface area (Å²) in [5.74, 6) is -0.368. The van der Waals surface area contributed by atoms with Crippen LogP contribution < -0.4 is 0 Å². The normalized spacial score (nSPS) is 12.9. The third-order valence-electron chi connectivity index (χ3n) is 3.81. The van der Waals surface area contributed by atoms with Crippen molar-refractivity contribution < 1.29 is 13.7 Å². The molecule has 2 aromatic rings. The molecule has 2 aromatic carbocycles. The molecule has 0 fully saturated rings. The largest absolute Gasteiger partial charge is 0.465 e. The van der Waals surface area contributed by atoms with Crippen molar-refractivity contribution in [3.05, 3.63) is 59.2 Å². The Kier molecular flexibility index (Phi) is 7.39. The van der Waals surface area contributed by atoms with Gasteiger partial charge in [-0.25, -0.2) is 9.00 Å². The number of methoxy groups -OCH3 is 1. The molecule has 144 valence electrons. The van der Waals surface area contributed by atoms with Crippen molar-refractivity contribution in [2.24, 2.45) is 4.40 Å². The lowest BCUT2D eigenvalue weighted by molar-refractivity contribution is 0.0597. The van der Waals surface area contributed by atoms with Gasteiger partial charge in [-0.3, -0.25) is 0 Å². The zero-order valence-corrected chi connectivity index (χ0v) is 17.9. The number of hydrogen-bond acceptors (Lipinski definition) is 4. The molecule has 0 aliphatic rings. The summed E-state index contributed by atoms with van der Waals surface area (Å²) in [5, 5.41) is 0. The monoisotopic (exact) mass is 403 g/mol. The van der Waals surface area contributed by atoms with Crippen molar-refractivity contribution >= 4 is 34.9 Å². The van der Waals surface area contributed by atoms with E-state index in [1.54, 1.807) is 12.3 Å². The number of carbonyl (C=O) groups is 1. The number of nitrogens with zero attached hydrogens (tertiary/aromatic N) is 1. The van der Waals surface area contributed by atoms with Crippen LogP contribution in [0.3, 0.4) is 0 Å². The molecule has 0 bridgehead atoms. The Balaban J connectivity index is 2.42. The quantitative estimate of drug-likeness (QED) is 0.499. The zero-order chi connectivity index (χ0) is 20.0. The molecule has 1 unspecified atom stereocenters. The molecule has 6 heteroatoms. The molecule has 27 heavy (non-hydrogen) atoms. The number of carbonyl (C=O) groups excluding carboxylic acids is 1. The first-order valence-electron chi connectivity index (χ1n) is 8.70. The van der Waals surface area contributed by atoms with Crippen molar-refractivity contribution in [3.63, 3.8) is 0 Å². The van der Waals surface area contributed by atoms with E-state index < -0.39 is 15.7 Å². The van der Waals surface area contributed by atoms with Crippen LogP contribution in [0.1, 0.15) is 49.2 Å². The van der Waals surface area contributed by atoms with E-state index in [4.69, 9.17) is 4.74 Å². The van der Waals surface area contributed by atoms with Crippen LogP contribution in [-0.4, -0.2) is 28.2 Å². The van der Waals surface area contributed by atoms with Gasteiger partial charge in [0.15, 0.2) is 0 Å². The van der Waals surface area contributed by atoms with Gasteiger partial charge in [0.25, 0.3) is 0 Å². The number of benzene rings is 2. The van der Waals surface area contributed by atoms with Crippen LogP contribution in [0.15, 0.2) is 56.7 Å². The average molecular weight is 404 g/mol. The summed E-state index contributed by atoms with van der Waals surface area (Å²) in [4.78, 5) is 13.8. The van der Waals surface area contributed by atoms with Gasteiger partial charge in [0.1, 0.15) is 11.0 Å². The molecule has 1 atom stereocenters. The van der Waals surface area contributed by atoms with Gasteiger partial charge >= 0.3 is 5.97 Å². The maximum Gasteiger partial charge on any atom is 0.339 e. The molecule has 0 aromatic heterocycles. The van der Waals surface area contributed by atoms with E-state index in [9.17, 15) is 9.00 Å². The number of hydrogen-bond donors (Lipinski definition) is 0. The fraction of sp³-hybridized carbons (Fsp3) is 0.333. The van der Waals surface area contributed by atoms with Crippen LogP contribution in [0.4, 0.5) is 0 Å². The standard InChI is InChI=1S/C21H25NO3S2/c1-6-15-11-12-18(16(13-15)14-22-27(24)21(2,3)4)26-19-10-8-7-9-17(19)20(23)25-5/h7-14H,6H2,1-5H3. The van der Waals surface area contributed by atoms with Gasteiger partial charge in [0, 0.05) is 21.6 Å². The number of aryl methyl sites for hydroxylation is 1. The molecule has 0 saturated carbocycles. The number of rotatable bonds is 6. The molecular weight excluding hydrogens is 378 g/mol. The zero-order valence-electron chi connectivity index (χ0n) is 16.3. The lowest BCUT2D eigenvalue weighted by atomic mass is 10.1. The SMILES string of the molecule is CCc1ccc(Sc2ccccc2C(=O)OC)c(C=NS(=O)C(C)(C)C)c1. The van der Waals surface area contributed by atoms with E-state index in [2.05, 4.69) is 17.4 Å². The van der Waals surface area contributed by atoms with Gasteiger partial charge in [-0.15, -0.1) is 0 Å². The van der Waals surface area contributed by atoms with E-state index >= 15 is 0 Å². The summed E-state index contributed by atoms with van der Waals surface area (Å²) in [7, 11) is 0.0465. The van der Waals surface area contributed by atoms with E-state index in [-0.39, 0.29) is 5.97 Å². The first kappa shape index (κ1) is 21.4. The predicted molar refractivity (Wildman–Crippen MR) is 113 cm³/mol. The molecule has 4 nitrogen and oxygen atoms in total. The number of ether oxygens (including phenoxy) is 1. The molecule has 0 saturated heterocycles. The van der Waals surface area contributed by atoms with Gasteiger partial charge in [-0.2, -0.15) is 4.40 Å². The summed E-state index contributed by atoms with van der Waals surface area (Å²) in [6.07, 6.45) is 2.57. The molecule has 0 heterocycles. The molecule has 2 rings (SSSR count). The third kappa shape index (κ3) is 5.78. The van der Waals surface area contributed by atoms with Crippen LogP contribution in [-0.2, 0) is 22.1 Å². The van der Waals surface area contributed by atoms with Crippen molar-refractivity contribution in [2.45, 2.75) is 48.7 Å². The van der Waals surface area contributed by atoms with Crippen molar-refractivity contribution in [1.82, 2.24) is 0 Å². The van der Waals surface area contributed by atoms with Crippen molar-refractivity contribution in [3.8, 4) is 0 Å². The van der Waals surface area contributed by atoms with E-state index in [1.165, 1.54) is 24.4 Å². The summed E-state index contributed by atoms with van der Waals surface area (Å²) < 4.78 is 21.0. The second kappa shape index (κ2) is 9.33. The summed E-state index contributed by atoms with van der Waals surface area (Å²) in [6.45, 7) is 7.77. The molecule has 0 aliphatic carbocycles. The average Bonchev–Trinajstić information content (AvgIpc) is 2.65. The third-order valence-corrected chi connectivity index (χ3v) is 6.32. The van der Waals surface area contributed by atoms with Crippen LogP contribution >= 0.6 is 11.8 Å². The molecule has 0 aliphatic heterocycles. The fourth-order valence-corrected chi connectivity index (χ4v) is 3.76. The van der Waals surface area contributed by atoms with Gasteiger partial charge in [0.2, 0.25) is 0 Å². The van der Waals surface area contributed by atoms with Gasteiger partial charge in [0.05, 0.1) is 17.4 Å². The van der Waals surface area contributed by atoms with Gasteiger partial charge in [-0.1, -0.05) is 36.9 Å². The summed E-state index contributed by atoms with van der Waals surface area (Å²) in [5.41, 5.74) is 2.57. The fourth-order valence-electron chi connectivity index (χ4n) is 2.23. The Morgan fingerprint density at radius 1 is 1.19 bits per heavy atom. The Hall–Kier alpha value is -1.92. The summed E-state index contributed by atoms with van der Waals surface area (Å²) in [6, 6.07) is 13.4. The van der Waals surface area contributed by atoms with Crippen LogP contribution in [0, 0.1) is 0 Å². The molecule has 0 spiro atoms. The minimum Gasteiger partial charge on any atom is -0.465 e. The minimum atomic E-state index is -1.33. The lowest BCUT2D eigenvalue weighted by Gasteiger charge is -2.14. The van der Waals surface area contributed by atoms with E-state index in [1.807, 2.05) is 51.1 Å². The van der Waals surface area contributed by atoms with Gasteiger partial charge in [-0.05, 0) is 57.0 Å². The first-order chi connectivity index (χ1) is 12.8. The van der Waals surface area contributed by atoms with Crippen molar-refractivity contribution in [2.75, 3.05) is 7.11 Å². The maximum atomic E-state index is 12.3. The maximum absolute atomic E-state index is 12.3. The second-order valence-electron chi connectivity index (χ2n) is 6.91. The van der Waals surface area contributed by atoms with Crippen molar-refractivity contribution in [1.29, 1.82) is 0 Å². The Bertz CT molecular complexity index is 870. The highest BCUT2D eigenvalue weighted by atomic mass is 32.2. The molecular formula is C21H25NO3S2. The smallest absolute Gasteiger partial charge is 0.339 e. The topological polar surface area (TPSA) is 55.7 Å². The highest BCUT2D eigenvalue weighted by molar-refractivity contribution is 7.99.